The molecule has 132 valence electrons. The summed E-state index contributed by atoms with van der Waals surface area (Å²) in [6, 6.07) is 14.2. The summed E-state index contributed by atoms with van der Waals surface area (Å²) in [6.07, 6.45) is 1.36. The monoisotopic (exact) mass is 412 g/mol. The quantitative estimate of drug-likeness (QED) is 0.507. The lowest BCUT2D eigenvalue weighted by Crippen LogP contribution is -2.14. The van der Waals surface area contributed by atoms with E-state index in [9.17, 15) is 14.9 Å². The number of aryl methyl sites for hydroxylation is 1. The molecule has 0 fully saturated rings. The highest BCUT2D eigenvalue weighted by Gasteiger charge is 2.10. The minimum atomic E-state index is -0.532. The molecule has 0 aliphatic carbocycles. The van der Waals surface area contributed by atoms with Crippen LogP contribution < -0.4 is 16.0 Å². The van der Waals surface area contributed by atoms with Crippen molar-refractivity contribution in [3.05, 3.63) is 64.3 Å². The Morgan fingerprint density at radius 1 is 1.08 bits per heavy atom. The van der Waals surface area contributed by atoms with Crippen molar-refractivity contribution in [2.24, 2.45) is 0 Å². The highest BCUT2D eigenvalue weighted by atomic mass is 79.9. The molecule has 2 aromatic rings. The summed E-state index contributed by atoms with van der Waals surface area (Å²) < 4.78 is 0.833. The molecule has 0 bridgehead atoms. The number of hydrogen-bond donors (Lipinski definition) is 3. The number of hydrogen-bond acceptors (Lipinski definition) is 4. The minimum absolute atomic E-state index is 0.0663. The van der Waals surface area contributed by atoms with Crippen molar-refractivity contribution >= 4 is 44.8 Å². The maximum atomic E-state index is 12.2. The fourth-order valence-electron chi connectivity index (χ4n) is 2.07. The van der Waals surface area contributed by atoms with Gasteiger partial charge in [0.25, 0.3) is 5.91 Å². The number of halogens is 1. The molecule has 0 saturated carbocycles. The van der Waals surface area contributed by atoms with E-state index in [1.165, 1.54) is 13.1 Å². The zero-order valence-corrected chi connectivity index (χ0v) is 15.8. The van der Waals surface area contributed by atoms with Gasteiger partial charge in [-0.25, -0.2) is 0 Å². The van der Waals surface area contributed by atoms with Crippen LogP contribution in [-0.2, 0) is 9.59 Å². The van der Waals surface area contributed by atoms with E-state index in [2.05, 4.69) is 31.9 Å². The lowest BCUT2D eigenvalue weighted by Gasteiger charge is -2.08. The van der Waals surface area contributed by atoms with Crippen LogP contribution in [0.15, 0.2) is 58.7 Å². The Hall–Kier alpha value is -3.11. The average Bonchev–Trinajstić information content (AvgIpc) is 2.58. The normalized spacial score (nSPS) is 10.6. The van der Waals surface area contributed by atoms with E-state index in [0.29, 0.717) is 11.4 Å². The summed E-state index contributed by atoms with van der Waals surface area (Å²) in [6.45, 7) is 3.38. The van der Waals surface area contributed by atoms with E-state index >= 15 is 0 Å². The number of carbonyl (C=O) groups excluding carboxylic acids is 2. The molecule has 0 aliphatic heterocycles. The van der Waals surface area contributed by atoms with Crippen LogP contribution in [0.2, 0.25) is 0 Å². The second kappa shape index (κ2) is 8.83. The molecule has 0 aliphatic rings. The predicted octanol–water partition coefficient (Wildman–Crippen LogP) is 4.17. The molecule has 0 atom stereocenters. The van der Waals surface area contributed by atoms with Crippen LogP contribution >= 0.6 is 15.9 Å². The summed E-state index contributed by atoms with van der Waals surface area (Å²) >= 11 is 3.43. The van der Waals surface area contributed by atoms with Crippen LogP contribution in [0.25, 0.3) is 0 Å². The summed E-state index contributed by atoms with van der Waals surface area (Å²) in [5.74, 6) is -0.708. The zero-order valence-electron chi connectivity index (χ0n) is 14.3. The van der Waals surface area contributed by atoms with Gasteiger partial charge in [0.05, 0.1) is 5.69 Å². The van der Waals surface area contributed by atoms with E-state index in [0.717, 1.165) is 15.7 Å². The van der Waals surface area contributed by atoms with Gasteiger partial charge >= 0.3 is 0 Å². The van der Waals surface area contributed by atoms with Crippen LogP contribution in [0, 0.1) is 18.3 Å². The molecular weight excluding hydrogens is 396 g/mol. The van der Waals surface area contributed by atoms with E-state index in [4.69, 9.17) is 0 Å². The largest absolute Gasteiger partial charge is 0.359 e. The maximum absolute atomic E-state index is 12.2. The molecule has 2 amide bonds. The van der Waals surface area contributed by atoms with Crippen molar-refractivity contribution in [2.75, 3.05) is 16.0 Å². The lowest BCUT2D eigenvalue weighted by atomic mass is 10.2. The highest BCUT2D eigenvalue weighted by molar-refractivity contribution is 9.10. The zero-order chi connectivity index (χ0) is 19.1. The molecule has 7 heteroatoms. The fraction of sp³-hybridized carbons (Fsp3) is 0.105. The molecule has 0 aromatic heterocycles. The Bertz CT molecular complexity index is 899. The first-order valence-electron chi connectivity index (χ1n) is 7.71. The molecular formula is C19H17BrN4O2. The first-order valence-corrected chi connectivity index (χ1v) is 8.50. The SMILES string of the molecule is CC(=O)Nc1ccc(NC(=O)/C(C#N)=C\Nc2ccc(C)cc2Br)cc1. The van der Waals surface area contributed by atoms with Gasteiger partial charge in [-0.2, -0.15) is 5.26 Å². The van der Waals surface area contributed by atoms with Crippen LogP contribution in [-0.4, -0.2) is 11.8 Å². The first kappa shape index (κ1) is 19.2. The number of rotatable bonds is 5. The number of carbonyl (C=O) groups is 2. The fourth-order valence-corrected chi connectivity index (χ4v) is 2.68. The van der Waals surface area contributed by atoms with Crippen LogP contribution in [0.4, 0.5) is 17.1 Å². The third-order valence-corrected chi connectivity index (χ3v) is 3.98. The number of nitrogens with one attached hydrogen (secondary N) is 3. The van der Waals surface area contributed by atoms with Gasteiger partial charge in [0.1, 0.15) is 11.6 Å². The Kier molecular flexibility index (Phi) is 6.53. The Balaban J connectivity index is 2.06. The second-order valence-corrected chi connectivity index (χ2v) is 6.36. The first-order chi connectivity index (χ1) is 12.4. The highest BCUT2D eigenvalue weighted by Crippen LogP contribution is 2.23. The van der Waals surface area contributed by atoms with Crippen molar-refractivity contribution < 1.29 is 9.59 Å². The number of nitrogens with zero attached hydrogens (tertiary/aromatic N) is 1. The number of anilines is 3. The minimum Gasteiger partial charge on any atom is -0.359 e. The summed E-state index contributed by atoms with van der Waals surface area (Å²) in [7, 11) is 0. The van der Waals surface area contributed by atoms with Crippen molar-refractivity contribution in [3.63, 3.8) is 0 Å². The van der Waals surface area contributed by atoms with E-state index < -0.39 is 5.91 Å². The van der Waals surface area contributed by atoms with Gasteiger partial charge in [0.15, 0.2) is 0 Å². The summed E-state index contributed by atoms with van der Waals surface area (Å²) in [4.78, 5) is 23.2. The van der Waals surface area contributed by atoms with Crippen molar-refractivity contribution in [2.45, 2.75) is 13.8 Å². The molecule has 0 spiro atoms. The van der Waals surface area contributed by atoms with Crippen LogP contribution in [0.5, 0.6) is 0 Å². The maximum Gasteiger partial charge on any atom is 0.267 e. The molecule has 0 radical (unpaired) electrons. The lowest BCUT2D eigenvalue weighted by molar-refractivity contribution is -0.114. The van der Waals surface area contributed by atoms with E-state index in [1.54, 1.807) is 24.3 Å². The van der Waals surface area contributed by atoms with E-state index in [-0.39, 0.29) is 11.5 Å². The molecule has 2 rings (SSSR count). The third-order valence-electron chi connectivity index (χ3n) is 3.32. The molecule has 0 heterocycles. The summed E-state index contributed by atoms with van der Waals surface area (Å²) in [5, 5.41) is 17.5. The molecule has 0 unspecified atom stereocenters. The van der Waals surface area contributed by atoms with Crippen LogP contribution in [0.3, 0.4) is 0 Å². The van der Waals surface area contributed by atoms with E-state index in [1.807, 2.05) is 31.2 Å². The molecule has 0 saturated heterocycles. The Morgan fingerprint density at radius 2 is 1.69 bits per heavy atom. The van der Waals surface area contributed by atoms with Crippen molar-refractivity contribution in [1.29, 1.82) is 5.26 Å². The van der Waals surface area contributed by atoms with Gasteiger partial charge in [-0.1, -0.05) is 6.07 Å². The van der Waals surface area contributed by atoms with Gasteiger partial charge in [-0.3, -0.25) is 9.59 Å². The molecule has 26 heavy (non-hydrogen) atoms. The Labute approximate surface area is 160 Å². The van der Waals surface area contributed by atoms with Gasteiger partial charge in [0, 0.05) is 29.0 Å². The second-order valence-electron chi connectivity index (χ2n) is 5.51. The van der Waals surface area contributed by atoms with Crippen LogP contribution in [0.1, 0.15) is 12.5 Å². The molecule has 6 nitrogen and oxygen atoms in total. The smallest absolute Gasteiger partial charge is 0.267 e. The van der Waals surface area contributed by atoms with Crippen molar-refractivity contribution in [3.8, 4) is 6.07 Å². The predicted molar refractivity (Wildman–Crippen MR) is 106 cm³/mol. The Morgan fingerprint density at radius 3 is 2.23 bits per heavy atom. The van der Waals surface area contributed by atoms with Gasteiger partial charge < -0.3 is 16.0 Å². The average molecular weight is 413 g/mol. The number of benzene rings is 2. The number of amides is 2. The van der Waals surface area contributed by atoms with Crippen molar-refractivity contribution in [1.82, 2.24) is 0 Å². The molecule has 3 N–H and O–H groups in total. The van der Waals surface area contributed by atoms with Gasteiger partial charge in [0.2, 0.25) is 5.91 Å². The van der Waals surface area contributed by atoms with Gasteiger partial charge in [-0.15, -0.1) is 0 Å². The summed E-state index contributed by atoms with van der Waals surface area (Å²) in [5.41, 5.74) is 2.91. The third kappa shape index (κ3) is 5.46. The number of nitriles is 1. The standard InChI is InChI=1S/C19H17BrN4O2/c1-12-3-8-18(17(20)9-12)22-11-14(10-21)19(26)24-16-6-4-15(5-7-16)23-13(2)25/h3-9,11,22H,1-2H3,(H,23,25)(H,24,26)/b14-11-. The topological polar surface area (TPSA) is 94.0 Å². The van der Waals surface area contributed by atoms with Gasteiger partial charge in [-0.05, 0) is 64.8 Å². The molecule has 2 aromatic carbocycles.